The zero-order valence-electron chi connectivity index (χ0n) is 11.0. The Balaban J connectivity index is 1.28. The molecular formula is C15H27NO. The van der Waals surface area contributed by atoms with Crippen molar-refractivity contribution in [1.82, 2.24) is 5.32 Å². The highest BCUT2D eigenvalue weighted by Crippen LogP contribution is 2.48. The van der Waals surface area contributed by atoms with Gasteiger partial charge in [-0.25, -0.2) is 0 Å². The van der Waals surface area contributed by atoms with Crippen LogP contribution >= 0.6 is 0 Å². The lowest BCUT2D eigenvalue weighted by molar-refractivity contribution is 0.0709. The maximum absolute atomic E-state index is 5.93. The van der Waals surface area contributed by atoms with E-state index >= 15 is 0 Å². The van der Waals surface area contributed by atoms with Crippen LogP contribution in [0, 0.1) is 17.8 Å². The monoisotopic (exact) mass is 237 g/mol. The highest BCUT2D eigenvalue weighted by molar-refractivity contribution is 4.89. The predicted octanol–water partition coefficient (Wildman–Crippen LogP) is 2.97. The molecule has 0 aromatic carbocycles. The van der Waals surface area contributed by atoms with Gasteiger partial charge in [-0.05, 0) is 62.8 Å². The first kappa shape index (κ1) is 12.0. The first-order valence-electron chi connectivity index (χ1n) is 7.73. The largest absolute Gasteiger partial charge is 0.381 e. The van der Waals surface area contributed by atoms with E-state index in [1.165, 1.54) is 57.9 Å². The molecular weight excluding hydrogens is 210 g/mol. The number of nitrogens with one attached hydrogen (secondary N) is 1. The van der Waals surface area contributed by atoms with Crippen LogP contribution in [-0.4, -0.2) is 25.8 Å². The molecule has 2 bridgehead atoms. The molecule has 3 aliphatic rings. The van der Waals surface area contributed by atoms with Crippen molar-refractivity contribution in [2.24, 2.45) is 17.8 Å². The summed E-state index contributed by atoms with van der Waals surface area (Å²) in [5.41, 5.74) is 0. The Morgan fingerprint density at radius 2 is 2.06 bits per heavy atom. The van der Waals surface area contributed by atoms with Crippen LogP contribution in [-0.2, 0) is 4.74 Å². The summed E-state index contributed by atoms with van der Waals surface area (Å²) in [5, 5.41) is 3.59. The second-order valence-electron chi connectivity index (χ2n) is 6.45. The standard InChI is InChI=1S/C15H27NO/c1-2-7-16-15(3-1)6-8-17-11-14-10-12-4-5-13(14)9-12/h12-16H,1-11H2. The Hall–Kier alpha value is -0.0800. The van der Waals surface area contributed by atoms with E-state index in [0.717, 1.165) is 37.0 Å². The molecule has 0 radical (unpaired) electrons. The summed E-state index contributed by atoms with van der Waals surface area (Å²) in [5.74, 6) is 2.99. The zero-order chi connectivity index (χ0) is 11.5. The highest BCUT2D eigenvalue weighted by Gasteiger charge is 2.39. The van der Waals surface area contributed by atoms with Crippen LogP contribution in [0.5, 0.6) is 0 Å². The maximum atomic E-state index is 5.93. The third-order valence-corrected chi connectivity index (χ3v) is 5.24. The molecule has 1 heterocycles. The topological polar surface area (TPSA) is 21.3 Å². The summed E-state index contributed by atoms with van der Waals surface area (Å²) in [4.78, 5) is 0. The van der Waals surface area contributed by atoms with Gasteiger partial charge in [0.25, 0.3) is 0 Å². The van der Waals surface area contributed by atoms with Crippen molar-refractivity contribution in [2.75, 3.05) is 19.8 Å². The Morgan fingerprint density at radius 3 is 2.76 bits per heavy atom. The number of hydrogen-bond acceptors (Lipinski definition) is 2. The van der Waals surface area contributed by atoms with Crippen LogP contribution in [0.3, 0.4) is 0 Å². The number of rotatable bonds is 5. The summed E-state index contributed by atoms with van der Waals surface area (Å²) in [7, 11) is 0. The molecule has 4 atom stereocenters. The van der Waals surface area contributed by atoms with Gasteiger partial charge in [-0.2, -0.15) is 0 Å². The maximum Gasteiger partial charge on any atom is 0.0497 e. The van der Waals surface area contributed by atoms with Crippen LogP contribution in [0.2, 0.25) is 0 Å². The van der Waals surface area contributed by atoms with Crippen molar-refractivity contribution in [3.8, 4) is 0 Å². The molecule has 2 heteroatoms. The van der Waals surface area contributed by atoms with E-state index in [0.29, 0.717) is 0 Å². The predicted molar refractivity (Wildman–Crippen MR) is 70.0 cm³/mol. The molecule has 1 N–H and O–H groups in total. The fourth-order valence-corrected chi connectivity index (χ4v) is 4.21. The van der Waals surface area contributed by atoms with E-state index in [-0.39, 0.29) is 0 Å². The molecule has 4 unspecified atom stereocenters. The van der Waals surface area contributed by atoms with Crippen molar-refractivity contribution in [3.63, 3.8) is 0 Å². The van der Waals surface area contributed by atoms with Crippen molar-refractivity contribution in [2.45, 2.75) is 57.4 Å². The van der Waals surface area contributed by atoms with E-state index in [4.69, 9.17) is 4.74 Å². The highest BCUT2D eigenvalue weighted by atomic mass is 16.5. The molecule has 0 aromatic rings. The lowest BCUT2D eigenvalue weighted by Crippen LogP contribution is -2.35. The van der Waals surface area contributed by atoms with Gasteiger partial charge in [-0.1, -0.05) is 12.8 Å². The third kappa shape index (κ3) is 3.03. The minimum atomic E-state index is 0.740. The Morgan fingerprint density at radius 1 is 1.06 bits per heavy atom. The minimum absolute atomic E-state index is 0.740. The lowest BCUT2D eigenvalue weighted by atomic mass is 9.89. The average Bonchev–Trinajstić information content (AvgIpc) is 2.98. The first-order valence-corrected chi connectivity index (χ1v) is 7.73. The summed E-state index contributed by atoms with van der Waals surface area (Å²) < 4.78 is 5.93. The van der Waals surface area contributed by atoms with Crippen LogP contribution in [0.25, 0.3) is 0 Å². The van der Waals surface area contributed by atoms with E-state index in [1.807, 2.05) is 0 Å². The molecule has 2 saturated carbocycles. The summed E-state index contributed by atoms with van der Waals surface area (Å²) in [6, 6.07) is 0.740. The Bertz CT molecular complexity index is 237. The van der Waals surface area contributed by atoms with E-state index in [1.54, 1.807) is 0 Å². The van der Waals surface area contributed by atoms with Gasteiger partial charge in [0, 0.05) is 19.3 Å². The molecule has 3 rings (SSSR count). The van der Waals surface area contributed by atoms with Crippen LogP contribution < -0.4 is 5.32 Å². The van der Waals surface area contributed by atoms with Gasteiger partial charge < -0.3 is 10.1 Å². The number of fused-ring (bicyclic) bond motifs is 2. The fraction of sp³-hybridized carbons (Fsp3) is 1.00. The van der Waals surface area contributed by atoms with Gasteiger partial charge in [-0.15, -0.1) is 0 Å². The van der Waals surface area contributed by atoms with Gasteiger partial charge in [-0.3, -0.25) is 0 Å². The lowest BCUT2D eigenvalue weighted by Gasteiger charge is -2.24. The second kappa shape index (κ2) is 5.71. The van der Waals surface area contributed by atoms with Gasteiger partial charge in [0.05, 0.1) is 0 Å². The molecule has 0 amide bonds. The van der Waals surface area contributed by atoms with E-state index < -0.39 is 0 Å². The summed E-state index contributed by atoms with van der Waals surface area (Å²) in [6.07, 6.45) is 11.3. The Kier molecular flexibility index (Phi) is 4.02. The number of piperidine rings is 1. The van der Waals surface area contributed by atoms with Gasteiger partial charge >= 0.3 is 0 Å². The number of ether oxygens (including phenoxy) is 1. The fourth-order valence-electron chi connectivity index (χ4n) is 4.21. The van der Waals surface area contributed by atoms with Gasteiger partial charge in [0.15, 0.2) is 0 Å². The van der Waals surface area contributed by atoms with Crippen LogP contribution in [0.4, 0.5) is 0 Å². The first-order chi connectivity index (χ1) is 8.42. The molecule has 2 nitrogen and oxygen atoms in total. The number of hydrogen-bond donors (Lipinski definition) is 1. The van der Waals surface area contributed by atoms with Crippen molar-refractivity contribution in [3.05, 3.63) is 0 Å². The van der Waals surface area contributed by atoms with E-state index in [2.05, 4.69) is 5.32 Å². The minimum Gasteiger partial charge on any atom is -0.381 e. The second-order valence-corrected chi connectivity index (χ2v) is 6.45. The summed E-state index contributed by atoms with van der Waals surface area (Å²) in [6.45, 7) is 3.25. The SMILES string of the molecule is C1CCC(CCOCC2CC3CCC2C3)NC1. The van der Waals surface area contributed by atoms with Gasteiger partial charge in [0.1, 0.15) is 0 Å². The third-order valence-electron chi connectivity index (χ3n) is 5.24. The summed E-state index contributed by atoms with van der Waals surface area (Å²) >= 11 is 0. The molecule has 0 aromatic heterocycles. The Labute approximate surface area is 105 Å². The van der Waals surface area contributed by atoms with Crippen molar-refractivity contribution >= 4 is 0 Å². The molecule has 1 aliphatic heterocycles. The molecule has 3 fully saturated rings. The van der Waals surface area contributed by atoms with E-state index in [9.17, 15) is 0 Å². The molecule has 1 saturated heterocycles. The smallest absolute Gasteiger partial charge is 0.0497 e. The van der Waals surface area contributed by atoms with Crippen LogP contribution in [0.15, 0.2) is 0 Å². The molecule has 2 aliphatic carbocycles. The molecule has 17 heavy (non-hydrogen) atoms. The van der Waals surface area contributed by atoms with Crippen molar-refractivity contribution in [1.29, 1.82) is 0 Å². The zero-order valence-corrected chi connectivity index (χ0v) is 11.0. The molecule has 98 valence electrons. The van der Waals surface area contributed by atoms with Gasteiger partial charge in [0.2, 0.25) is 0 Å². The normalized spacial score (nSPS) is 40.9. The quantitative estimate of drug-likeness (QED) is 0.742. The average molecular weight is 237 g/mol. The van der Waals surface area contributed by atoms with Crippen molar-refractivity contribution < 1.29 is 4.74 Å². The molecule has 0 spiro atoms. The van der Waals surface area contributed by atoms with Crippen LogP contribution in [0.1, 0.15) is 51.4 Å².